The van der Waals surface area contributed by atoms with Crippen LogP contribution in [0.3, 0.4) is 0 Å². The van der Waals surface area contributed by atoms with Crippen molar-refractivity contribution in [1.29, 1.82) is 0 Å². The fourth-order valence-corrected chi connectivity index (χ4v) is 3.87. The third-order valence-corrected chi connectivity index (χ3v) is 5.98. The molecule has 3 aliphatic heterocycles. The van der Waals surface area contributed by atoms with Crippen molar-refractivity contribution < 1.29 is 64.5 Å². The smallest absolute Gasteiger partial charge is 0.187 e. The summed E-state index contributed by atoms with van der Waals surface area (Å²) in [6.45, 7) is 4.34. The molecule has 0 bridgehead atoms. The van der Waals surface area contributed by atoms with Gasteiger partial charge in [0, 0.05) is 0 Å². The SMILES string of the molecule is C[C@@H]1O[C@H](O[C@H]2[C@H](O[C@@H]3[C@@H](O)[C@H](C)O[C@H](O)[C@H]3O)O[C@H](C)[C@H](O)[C@H]2O)[C@@H](O)[C@H](O)[C@H]1O. The molecule has 3 aliphatic rings. The molecule has 3 rings (SSSR count). The van der Waals surface area contributed by atoms with Gasteiger partial charge < -0.3 is 64.5 Å². The Morgan fingerprint density at radius 2 is 0.935 bits per heavy atom. The molecule has 0 spiro atoms. The Hall–Kier alpha value is -0.520. The molecule has 3 saturated heterocycles. The summed E-state index contributed by atoms with van der Waals surface area (Å²) >= 11 is 0. The van der Waals surface area contributed by atoms with E-state index in [1.54, 1.807) is 0 Å². The van der Waals surface area contributed by atoms with Crippen LogP contribution in [-0.2, 0) is 23.7 Å². The highest BCUT2D eigenvalue weighted by molar-refractivity contribution is 4.94. The van der Waals surface area contributed by atoms with Crippen molar-refractivity contribution in [3.05, 3.63) is 0 Å². The van der Waals surface area contributed by atoms with Crippen LogP contribution in [-0.4, -0.2) is 133 Å². The van der Waals surface area contributed by atoms with Crippen molar-refractivity contribution in [3.8, 4) is 0 Å². The van der Waals surface area contributed by atoms with Crippen LogP contribution >= 0.6 is 0 Å². The molecule has 0 saturated carbocycles. The second-order valence-electron chi connectivity index (χ2n) is 8.29. The zero-order valence-electron chi connectivity index (χ0n) is 17.3. The molecule has 13 nitrogen and oxygen atoms in total. The van der Waals surface area contributed by atoms with Gasteiger partial charge in [-0.1, -0.05) is 0 Å². The Bertz CT molecular complexity index is 581. The van der Waals surface area contributed by atoms with Gasteiger partial charge in [0.05, 0.1) is 18.3 Å². The quantitative estimate of drug-likeness (QED) is 0.201. The van der Waals surface area contributed by atoms with Crippen molar-refractivity contribution in [3.63, 3.8) is 0 Å². The summed E-state index contributed by atoms with van der Waals surface area (Å²) in [5.74, 6) is 0. The van der Waals surface area contributed by atoms with E-state index in [0.29, 0.717) is 0 Å². The molecule has 3 heterocycles. The molecule has 0 amide bonds. The largest absolute Gasteiger partial charge is 0.388 e. The lowest BCUT2D eigenvalue weighted by molar-refractivity contribution is -0.382. The summed E-state index contributed by atoms with van der Waals surface area (Å²) in [5, 5.41) is 81.1. The average Bonchev–Trinajstić information content (AvgIpc) is 2.72. The van der Waals surface area contributed by atoms with Gasteiger partial charge in [-0.25, -0.2) is 0 Å². The molecule has 0 aliphatic carbocycles. The van der Waals surface area contributed by atoms with Crippen LogP contribution < -0.4 is 0 Å². The normalized spacial score (nSPS) is 56.4. The van der Waals surface area contributed by atoms with Crippen molar-refractivity contribution in [2.45, 2.75) is 113 Å². The summed E-state index contributed by atoms with van der Waals surface area (Å²) < 4.78 is 27.1. The van der Waals surface area contributed by atoms with Gasteiger partial charge in [0.15, 0.2) is 18.9 Å². The second-order valence-corrected chi connectivity index (χ2v) is 8.29. The Kier molecular flexibility index (Phi) is 7.91. The summed E-state index contributed by atoms with van der Waals surface area (Å²) in [6.07, 6.45) is -21.1. The number of ether oxygens (including phenoxy) is 5. The van der Waals surface area contributed by atoms with Crippen molar-refractivity contribution in [1.82, 2.24) is 0 Å². The lowest BCUT2D eigenvalue weighted by Crippen LogP contribution is -2.65. The molecule has 0 aromatic heterocycles. The maximum atomic E-state index is 10.6. The summed E-state index contributed by atoms with van der Waals surface area (Å²) in [7, 11) is 0. The third kappa shape index (κ3) is 4.89. The summed E-state index contributed by atoms with van der Waals surface area (Å²) in [6, 6.07) is 0. The van der Waals surface area contributed by atoms with E-state index in [-0.39, 0.29) is 0 Å². The van der Waals surface area contributed by atoms with Gasteiger partial charge in [-0.05, 0) is 20.8 Å². The molecular weight excluding hydrogens is 424 g/mol. The number of rotatable bonds is 4. The summed E-state index contributed by atoms with van der Waals surface area (Å²) in [5.41, 5.74) is 0. The first kappa shape index (κ1) is 25.1. The van der Waals surface area contributed by atoms with Gasteiger partial charge >= 0.3 is 0 Å². The van der Waals surface area contributed by atoms with E-state index in [9.17, 15) is 40.9 Å². The molecule has 0 radical (unpaired) electrons. The number of hydrogen-bond donors (Lipinski definition) is 8. The highest BCUT2D eigenvalue weighted by atomic mass is 16.8. The first-order valence-corrected chi connectivity index (χ1v) is 10.2. The standard InChI is InChI=1S/C18H32O13/c1-4-7(19)10(22)12(24)17(28-4)31-15-11(23)8(20)5(2)29-18(15)30-14-9(21)6(3)27-16(26)13(14)25/h4-26H,1-3H3/t4-,5+,6-,7-,8-,9-,10+,11+,12-,13-,14+,15+,16-,17+,18-/m0/s1. The molecular formula is C18H32O13. The van der Waals surface area contributed by atoms with Gasteiger partial charge in [-0.15, -0.1) is 0 Å². The first-order valence-electron chi connectivity index (χ1n) is 10.2. The topological polar surface area (TPSA) is 208 Å². The van der Waals surface area contributed by atoms with Crippen molar-refractivity contribution >= 4 is 0 Å². The van der Waals surface area contributed by atoms with E-state index < -0.39 is 92.1 Å². The predicted octanol–water partition coefficient (Wildman–Crippen LogP) is -4.49. The molecule has 15 atom stereocenters. The van der Waals surface area contributed by atoms with Crippen LogP contribution in [0.25, 0.3) is 0 Å². The fourth-order valence-electron chi connectivity index (χ4n) is 3.87. The number of aliphatic hydroxyl groups is 8. The molecule has 0 aromatic carbocycles. The molecule has 13 heteroatoms. The van der Waals surface area contributed by atoms with Gasteiger partial charge in [0.25, 0.3) is 0 Å². The highest BCUT2D eigenvalue weighted by Gasteiger charge is 2.52. The zero-order valence-corrected chi connectivity index (χ0v) is 17.3. The van der Waals surface area contributed by atoms with Gasteiger partial charge in [0.1, 0.15) is 54.9 Å². The van der Waals surface area contributed by atoms with E-state index in [1.807, 2.05) is 0 Å². The first-order chi connectivity index (χ1) is 14.4. The highest BCUT2D eigenvalue weighted by Crippen LogP contribution is 2.32. The monoisotopic (exact) mass is 456 g/mol. The molecule has 0 aromatic rings. The Morgan fingerprint density at radius 1 is 0.452 bits per heavy atom. The average molecular weight is 456 g/mol. The minimum atomic E-state index is -1.70. The molecule has 3 fully saturated rings. The van der Waals surface area contributed by atoms with Crippen LogP contribution in [0.4, 0.5) is 0 Å². The molecule has 8 N–H and O–H groups in total. The van der Waals surface area contributed by atoms with E-state index in [1.165, 1.54) is 20.8 Å². The third-order valence-electron chi connectivity index (χ3n) is 5.98. The maximum absolute atomic E-state index is 10.6. The Labute approximate surface area is 178 Å². The summed E-state index contributed by atoms with van der Waals surface area (Å²) in [4.78, 5) is 0. The van der Waals surface area contributed by atoms with Gasteiger partial charge in [0.2, 0.25) is 0 Å². The Morgan fingerprint density at radius 3 is 1.55 bits per heavy atom. The van der Waals surface area contributed by atoms with Crippen LogP contribution in [0.2, 0.25) is 0 Å². The predicted molar refractivity (Wildman–Crippen MR) is 97.0 cm³/mol. The molecule has 182 valence electrons. The zero-order chi connectivity index (χ0) is 23.2. The van der Waals surface area contributed by atoms with Crippen LogP contribution in [0, 0.1) is 0 Å². The second kappa shape index (κ2) is 9.77. The van der Waals surface area contributed by atoms with E-state index in [4.69, 9.17) is 23.7 Å². The van der Waals surface area contributed by atoms with Gasteiger partial charge in [-0.3, -0.25) is 0 Å². The fraction of sp³-hybridized carbons (Fsp3) is 1.00. The number of aliphatic hydroxyl groups excluding tert-OH is 8. The lowest BCUT2D eigenvalue weighted by Gasteiger charge is -2.47. The van der Waals surface area contributed by atoms with Gasteiger partial charge in [-0.2, -0.15) is 0 Å². The lowest BCUT2D eigenvalue weighted by atomic mass is 9.97. The Balaban J connectivity index is 1.80. The van der Waals surface area contributed by atoms with E-state index >= 15 is 0 Å². The minimum absolute atomic E-state index is 0.903. The van der Waals surface area contributed by atoms with Crippen LogP contribution in [0.1, 0.15) is 20.8 Å². The van der Waals surface area contributed by atoms with Crippen molar-refractivity contribution in [2.75, 3.05) is 0 Å². The van der Waals surface area contributed by atoms with E-state index in [0.717, 1.165) is 0 Å². The number of hydrogen-bond acceptors (Lipinski definition) is 13. The van der Waals surface area contributed by atoms with Crippen LogP contribution in [0.15, 0.2) is 0 Å². The molecule has 0 unspecified atom stereocenters. The van der Waals surface area contributed by atoms with E-state index in [2.05, 4.69) is 0 Å². The molecule has 31 heavy (non-hydrogen) atoms. The maximum Gasteiger partial charge on any atom is 0.187 e. The van der Waals surface area contributed by atoms with Crippen LogP contribution in [0.5, 0.6) is 0 Å². The minimum Gasteiger partial charge on any atom is -0.388 e. The van der Waals surface area contributed by atoms with Crippen molar-refractivity contribution in [2.24, 2.45) is 0 Å².